The summed E-state index contributed by atoms with van der Waals surface area (Å²) in [7, 11) is -7.37. The van der Waals surface area contributed by atoms with Gasteiger partial charge in [-0.05, 0) is 49.2 Å². The van der Waals surface area contributed by atoms with E-state index in [-0.39, 0.29) is 17.2 Å². The van der Waals surface area contributed by atoms with Crippen molar-refractivity contribution in [3.05, 3.63) is 59.7 Å². The summed E-state index contributed by atoms with van der Waals surface area (Å²) in [6.07, 6.45) is 0. The Morgan fingerprint density at radius 1 is 0.875 bits per heavy atom. The average Bonchev–Trinajstić information content (AvgIpc) is 2.50. The summed E-state index contributed by atoms with van der Waals surface area (Å²) < 4.78 is 53.1. The molecule has 0 saturated carbocycles. The van der Waals surface area contributed by atoms with Crippen LogP contribution in [0.2, 0.25) is 0 Å². The highest BCUT2D eigenvalue weighted by Gasteiger charge is 2.17. The number of nitrogens with one attached hydrogen (secondary N) is 2. The van der Waals surface area contributed by atoms with Crippen LogP contribution >= 0.6 is 0 Å². The van der Waals surface area contributed by atoms with Crippen LogP contribution in [0.4, 0.5) is 5.69 Å². The lowest BCUT2D eigenvalue weighted by Crippen LogP contribution is -2.31. The first-order valence-electron chi connectivity index (χ1n) is 7.32. The Balaban J connectivity index is 1.98. The minimum absolute atomic E-state index is 0.124. The van der Waals surface area contributed by atoms with Crippen LogP contribution in [0.25, 0.3) is 0 Å². The molecular formula is C16H20N2O4S2. The van der Waals surface area contributed by atoms with Gasteiger partial charge in [0.2, 0.25) is 20.0 Å². The van der Waals surface area contributed by atoms with Gasteiger partial charge in [-0.15, -0.1) is 0 Å². The quantitative estimate of drug-likeness (QED) is 0.782. The Kier molecular flexibility index (Phi) is 5.63. The van der Waals surface area contributed by atoms with Gasteiger partial charge in [-0.2, -0.15) is 0 Å². The maximum Gasteiger partial charge on any atom is 0.240 e. The third-order valence-electron chi connectivity index (χ3n) is 3.50. The maximum atomic E-state index is 12.2. The van der Waals surface area contributed by atoms with E-state index in [0.717, 1.165) is 11.1 Å². The second-order valence-electron chi connectivity index (χ2n) is 5.43. The monoisotopic (exact) mass is 368 g/mol. The van der Waals surface area contributed by atoms with Gasteiger partial charge in [0, 0.05) is 12.2 Å². The van der Waals surface area contributed by atoms with Crippen molar-refractivity contribution in [3.63, 3.8) is 0 Å². The summed E-state index contributed by atoms with van der Waals surface area (Å²) in [5.74, 6) is -0.355. The summed E-state index contributed by atoms with van der Waals surface area (Å²) >= 11 is 0. The van der Waals surface area contributed by atoms with E-state index in [1.165, 1.54) is 6.07 Å². The summed E-state index contributed by atoms with van der Waals surface area (Å²) in [5.41, 5.74) is 2.29. The van der Waals surface area contributed by atoms with E-state index in [1.807, 2.05) is 13.8 Å². The lowest BCUT2D eigenvalue weighted by molar-refractivity contribution is 0.581. The largest absolute Gasteiger partial charge is 0.284 e. The predicted molar refractivity (Wildman–Crippen MR) is 95.0 cm³/mol. The molecule has 0 aliphatic heterocycles. The van der Waals surface area contributed by atoms with Crippen molar-refractivity contribution in [1.82, 2.24) is 4.72 Å². The standard InChI is InChI=1S/C16H20N2O4S2/c1-13-8-9-16(12-14(13)2)24(21,22)17-10-11-23(19,20)18-15-6-4-3-5-7-15/h3-9,12,17-18H,10-11H2,1-2H3. The molecule has 0 aromatic heterocycles. The first kappa shape index (κ1) is 18.4. The number of rotatable bonds is 7. The molecule has 130 valence electrons. The molecule has 6 nitrogen and oxygen atoms in total. The van der Waals surface area contributed by atoms with Gasteiger partial charge < -0.3 is 0 Å². The smallest absolute Gasteiger partial charge is 0.240 e. The summed E-state index contributed by atoms with van der Waals surface area (Å²) in [5, 5.41) is 0. The molecular weight excluding hydrogens is 348 g/mol. The molecule has 8 heteroatoms. The lowest BCUT2D eigenvalue weighted by Gasteiger charge is -2.10. The Bertz CT molecular complexity index is 908. The fourth-order valence-electron chi connectivity index (χ4n) is 2.01. The Morgan fingerprint density at radius 3 is 2.17 bits per heavy atom. The molecule has 0 heterocycles. The summed E-state index contributed by atoms with van der Waals surface area (Å²) in [6, 6.07) is 13.2. The van der Waals surface area contributed by atoms with Crippen molar-refractivity contribution in [2.45, 2.75) is 18.7 Å². The van der Waals surface area contributed by atoms with Gasteiger partial charge in [0.05, 0.1) is 10.6 Å². The summed E-state index contributed by atoms with van der Waals surface area (Å²) in [4.78, 5) is 0.124. The zero-order valence-corrected chi connectivity index (χ0v) is 15.1. The van der Waals surface area contributed by atoms with Crippen LogP contribution < -0.4 is 9.44 Å². The minimum atomic E-state index is -3.74. The van der Waals surface area contributed by atoms with Crippen molar-refractivity contribution in [2.75, 3.05) is 17.0 Å². The summed E-state index contributed by atoms with van der Waals surface area (Å²) in [6.45, 7) is 3.50. The second kappa shape index (κ2) is 7.33. The number of para-hydroxylation sites is 1. The zero-order valence-electron chi connectivity index (χ0n) is 13.5. The highest BCUT2D eigenvalue weighted by Crippen LogP contribution is 2.14. The first-order valence-corrected chi connectivity index (χ1v) is 10.5. The molecule has 0 spiro atoms. The highest BCUT2D eigenvalue weighted by molar-refractivity contribution is 7.92. The molecule has 0 radical (unpaired) electrons. The number of sulfonamides is 2. The maximum absolute atomic E-state index is 12.2. The topological polar surface area (TPSA) is 92.3 Å². The molecule has 2 rings (SSSR count). The molecule has 0 aliphatic carbocycles. The molecule has 0 unspecified atom stereocenters. The van der Waals surface area contributed by atoms with Crippen LogP contribution in [0.5, 0.6) is 0 Å². The van der Waals surface area contributed by atoms with E-state index in [9.17, 15) is 16.8 Å². The molecule has 0 aliphatic rings. The van der Waals surface area contributed by atoms with Gasteiger partial charge in [-0.25, -0.2) is 21.6 Å². The van der Waals surface area contributed by atoms with Crippen LogP contribution in [0.15, 0.2) is 53.4 Å². The van der Waals surface area contributed by atoms with E-state index >= 15 is 0 Å². The highest BCUT2D eigenvalue weighted by atomic mass is 32.2. The molecule has 2 aromatic rings. The number of aryl methyl sites for hydroxylation is 2. The van der Waals surface area contributed by atoms with Crippen LogP contribution in [-0.4, -0.2) is 29.1 Å². The van der Waals surface area contributed by atoms with Crippen LogP contribution in [0, 0.1) is 13.8 Å². The number of hydrogen-bond acceptors (Lipinski definition) is 4. The van der Waals surface area contributed by atoms with Gasteiger partial charge in [0.1, 0.15) is 0 Å². The molecule has 2 aromatic carbocycles. The van der Waals surface area contributed by atoms with Crippen molar-refractivity contribution < 1.29 is 16.8 Å². The van der Waals surface area contributed by atoms with E-state index in [4.69, 9.17) is 0 Å². The van der Waals surface area contributed by atoms with Crippen LogP contribution in [-0.2, 0) is 20.0 Å². The van der Waals surface area contributed by atoms with Gasteiger partial charge in [0.25, 0.3) is 0 Å². The molecule has 0 bridgehead atoms. The minimum Gasteiger partial charge on any atom is -0.284 e. The van der Waals surface area contributed by atoms with Crippen molar-refractivity contribution >= 4 is 25.7 Å². The first-order chi connectivity index (χ1) is 11.2. The Labute approximate surface area is 143 Å². The van der Waals surface area contributed by atoms with Gasteiger partial charge in [0.15, 0.2) is 0 Å². The normalized spacial score (nSPS) is 12.1. The number of hydrogen-bond donors (Lipinski definition) is 2. The number of anilines is 1. The molecule has 24 heavy (non-hydrogen) atoms. The molecule has 0 amide bonds. The van der Waals surface area contributed by atoms with E-state index < -0.39 is 20.0 Å². The number of benzene rings is 2. The Morgan fingerprint density at radius 2 is 1.54 bits per heavy atom. The van der Waals surface area contributed by atoms with Crippen molar-refractivity contribution in [3.8, 4) is 0 Å². The van der Waals surface area contributed by atoms with Crippen molar-refractivity contribution in [2.24, 2.45) is 0 Å². The molecule has 0 fully saturated rings. The van der Waals surface area contributed by atoms with Crippen LogP contribution in [0.3, 0.4) is 0 Å². The van der Waals surface area contributed by atoms with Crippen LogP contribution in [0.1, 0.15) is 11.1 Å². The average molecular weight is 368 g/mol. The van der Waals surface area contributed by atoms with E-state index in [1.54, 1.807) is 42.5 Å². The molecule has 2 N–H and O–H groups in total. The van der Waals surface area contributed by atoms with Crippen molar-refractivity contribution in [1.29, 1.82) is 0 Å². The van der Waals surface area contributed by atoms with Gasteiger partial charge in [-0.1, -0.05) is 24.3 Å². The SMILES string of the molecule is Cc1ccc(S(=O)(=O)NCCS(=O)(=O)Nc2ccccc2)cc1C. The second-order valence-corrected chi connectivity index (χ2v) is 9.04. The predicted octanol–water partition coefficient (Wildman–Crippen LogP) is 2.02. The fourth-order valence-corrected chi connectivity index (χ4v) is 4.23. The fraction of sp³-hybridized carbons (Fsp3) is 0.250. The third-order valence-corrected chi connectivity index (χ3v) is 6.25. The van der Waals surface area contributed by atoms with Gasteiger partial charge >= 0.3 is 0 Å². The third kappa shape index (κ3) is 5.05. The lowest BCUT2D eigenvalue weighted by atomic mass is 10.1. The Hall–Kier alpha value is -1.90. The zero-order chi connectivity index (χ0) is 17.8. The molecule has 0 atom stereocenters. The molecule has 0 saturated heterocycles. The van der Waals surface area contributed by atoms with E-state index in [0.29, 0.717) is 5.69 Å². The van der Waals surface area contributed by atoms with Gasteiger partial charge in [-0.3, -0.25) is 4.72 Å². The van der Waals surface area contributed by atoms with E-state index in [2.05, 4.69) is 9.44 Å².